The summed E-state index contributed by atoms with van der Waals surface area (Å²) in [6.07, 6.45) is 0. The zero-order valence-corrected chi connectivity index (χ0v) is 11.3. The lowest BCUT2D eigenvalue weighted by Gasteiger charge is -2.11. The Kier molecular flexibility index (Phi) is 4.29. The quantitative estimate of drug-likeness (QED) is 0.803. The van der Waals surface area contributed by atoms with Gasteiger partial charge in [-0.15, -0.1) is 14.1 Å². The molecule has 4 heteroatoms. The van der Waals surface area contributed by atoms with Crippen LogP contribution >= 0.6 is 14.1 Å². The second-order valence-electron chi connectivity index (χ2n) is 3.14. The van der Waals surface area contributed by atoms with Crippen molar-refractivity contribution in [2.45, 2.75) is 0 Å². The fourth-order valence-corrected chi connectivity index (χ4v) is 3.32. The third-order valence-electron chi connectivity index (χ3n) is 1.94. The van der Waals surface area contributed by atoms with Gasteiger partial charge in [-0.05, 0) is 24.3 Å². The minimum absolute atomic E-state index is 0.826. The molecule has 2 aromatic carbocycles. The lowest BCUT2D eigenvalue weighted by Crippen LogP contribution is -2.22. The van der Waals surface area contributed by atoms with Gasteiger partial charge >= 0.3 is 13.0 Å². The van der Waals surface area contributed by atoms with Crippen molar-refractivity contribution in [3.63, 3.8) is 0 Å². The average Bonchev–Trinajstić information content (AvgIpc) is 2.31. The first-order valence-corrected chi connectivity index (χ1v) is 9.05. The van der Waals surface area contributed by atoms with Crippen LogP contribution in [0.4, 0.5) is 0 Å². The van der Waals surface area contributed by atoms with E-state index < -0.39 is 13.0 Å². The highest BCUT2D eigenvalue weighted by Crippen LogP contribution is 2.16. The maximum Gasteiger partial charge on any atom is 0.957 e. The molecule has 0 aliphatic carbocycles. The first kappa shape index (κ1) is 11.5. The average molecular weight is 293 g/mol. The maximum atomic E-state index is 5.65. The van der Waals surface area contributed by atoms with Crippen LogP contribution in [0.5, 0.6) is 11.5 Å². The van der Waals surface area contributed by atoms with Crippen LogP contribution in [0.3, 0.4) is 0 Å². The molecule has 0 aliphatic heterocycles. The molecule has 0 N–H and O–H groups in total. The normalized spacial score (nSPS) is 9.56. The summed E-state index contributed by atoms with van der Waals surface area (Å²) in [4.78, 5) is 0. The van der Waals surface area contributed by atoms with E-state index in [2.05, 4.69) is 14.1 Å². The topological polar surface area (TPSA) is 18.5 Å². The van der Waals surface area contributed by atoms with Gasteiger partial charge in [-0.1, -0.05) is 36.4 Å². The molecule has 0 bridgehead atoms. The summed E-state index contributed by atoms with van der Waals surface area (Å²) in [5.41, 5.74) is 0. The van der Waals surface area contributed by atoms with Gasteiger partial charge in [0.2, 0.25) is 0 Å². The fraction of sp³-hybridized carbons (Fsp3) is 0. The lowest BCUT2D eigenvalue weighted by molar-refractivity contribution is 0.452. The smallest absolute Gasteiger partial charge is 0.603 e. The minimum atomic E-state index is -1.84. The van der Waals surface area contributed by atoms with E-state index in [1.165, 1.54) is 0 Å². The molecular formula is C12H10AlBrO2. The Morgan fingerprint density at radius 1 is 0.688 bits per heavy atom. The van der Waals surface area contributed by atoms with Gasteiger partial charge in [0.05, 0.1) is 11.5 Å². The molecule has 2 aromatic rings. The van der Waals surface area contributed by atoms with Gasteiger partial charge in [0.25, 0.3) is 0 Å². The van der Waals surface area contributed by atoms with Crippen LogP contribution in [-0.4, -0.2) is 13.0 Å². The highest BCUT2D eigenvalue weighted by molar-refractivity contribution is 9.24. The summed E-state index contributed by atoms with van der Waals surface area (Å²) in [7, 11) is 0. The van der Waals surface area contributed by atoms with E-state index in [4.69, 9.17) is 7.58 Å². The van der Waals surface area contributed by atoms with E-state index in [0.717, 1.165) is 11.5 Å². The molecule has 0 aliphatic rings. The largest absolute Gasteiger partial charge is 0.957 e. The van der Waals surface area contributed by atoms with E-state index in [0.29, 0.717) is 0 Å². The molecule has 0 spiro atoms. The second-order valence-corrected chi connectivity index (χ2v) is 6.40. The summed E-state index contributed by atoms with van der Waals surface area (Å²) in [5.74, 6) is 1.65. The van der Waals surface area contributed by atoms with E-state index in [9.17, 15) is 0 Å². The molecule has 0 aromatic heterocycles. The molecule has 2 rings (SSSR count). The Morgan fingerprint density at radius 3 is 1.44 bits per heavy atom. The van der Waals surface area contributed by atoms with Crippen LogP contribution in [0.2, 0.25) is 0 Å². The number of para-hydroxylation sites is 2. The van der Waals surface area contributed by atoms with Gasteiger partial charge < -0.3 is 7.58 Å². The minimum Gasteiger partial charge on any atom is -0.603 e. The summed E-state index contributed by atoms with van der Waals surface area (Å²) in [6, 6.07) is 19.3. The Morgan fingerprint density at radius 2 is 1.06 bits per heavy atom. The molecule has 0 unspecified atom stereocenters. The fourth-order valence-electron chi connectivity index (χ4n) is 1.24. The molecule has 80 valence electrons. The van der Waals surface area contributed by atoms with Gasteiger partial charge in [0.15, 0.2) is 0 Å². The summed E-state index contributed by atoms with van der Waals surface area (Å²) < 4.78 is 11.3. The van der Waals surface area contributed by atoms with Gasteiger partial charge in [0.1, 0.15) is 0 Å². The molecule has 0 fully saturated rings. The first-order chi connectivity index (χ1) is 7.84. The van der Waals surface area contributed by atoms with Crippen LogP contribution in [0, 0.1) is 0 Å². The van der Waals surface area contributed by atoms with Crippen molar-refractivity contribution in [1.82, 2.24) is 0 Å². The Bertz CT molecular complexity index is 380. The number of hydrogen-bond donors (Lipinski definition) is 0. The number of halogens is 1. The van der Waals surface area contributed by atoms with E-state index >= 15 is 0 Å². The zero-order chi connectivity index (χ0) is 11.2. The molecule has 16 heavy (non-hydrogen) atoms. The van der Waals surface area contributed by atoms with E-state index in [1.807, 2.05) is 60.7 Å². The Labute approximate surface area is 107 Å². The third-order valence-corrected chi connectivity index (χ3v) is 3.98. The molecule has 0 saturated heterocycles. The second kappa shape index (κ2) is 5.95. The number of benzene rings is 2. The van der Waals surface area contributed by atoms with Crippen LogP contribution in [0.15, 0.2) is 60.7 Å². The molecule has 0 atom stereocenters. The Hall–Kier alpha value is -0.948. The van der Waals surface area contributed by atoms with Gasteiger partial charge in [-0.3, -0.25) is 0 Å². The van der Waals surface area contributed by atoms with Crippen LogP contribution in [0.1, 0.15) is 0 Å². The van der Waals surface area contributed by atoms with Crippen molar-refractivity contribution in [2.75, 3.05) is 0 Å². The molecule has 0 radical (unpaired) electrons. The monoisotopic (exact) mass is 292 g/mol. The third kappa shape index (κ3) is 3.57. The predicted molar refractivity (Wildman–Crippen MR) is 68.8 cm³/mol. The molecule has 0 saturated carbocycles. The Balaban J connectivity index is 1.92. The summed E-state index contributed by atoms with van der Waals surface area (Å²) in [6.45, 7) is 0. The first-order valence-electron chi connectivity index (χ1n) is 4.92. The van der Waals surface area contributed by atoms with Gasteiger partial charge in [-0.25, -0.2) is 0 Å². The van der Waals surface area contributed by atoms with E-state index in [1.54, 1.807) is 0 Å². The van der Waals surface area contributed by atoms with Crippen molar-refractivity contribution >= 4 is 27.0 Å². The predicted octanol–water partition coefficient (Wildman–Crippen LogP) is 3.52. The van der Waals surface area contributed by atoms with Crippen LogP contribution in [0.25, 0.3) is 0 Å². The summed E-state index contributed by atoms with van der Waals surface area (Å²) >= 11 is 1.60. The number of rotatable bonds is 4. The highest BCUT2D eigenvalue weighted by Gasteiger charge is 2.28. The maximum absolute atomic E-state index is 5.65. The lowest BCUT2D eigenvalue weighted by atomic mass is 10.3. The molecule has 2 nitrogen and oxygen atoms in total. The van der Waals surface area contributed by atoms with Gasteiger partial charge in [0, 0.05) is 0 Å². The molecule has 0 heterocycles. The molecule has 0 amide bonds. The summed E-state index contributed by atoms with van der Waals surface area (Å²) in [5, 5.41) is 0. The van der Waals surface area contributed by atoms with Crippen LogP contribution in [-0.2, 0) is 0 Å². The van der Waals surface area contributed by atoms with Crippen molar-refractivity contribution < 1.29 is 7.58 Å². The number of hydrogen-bond acceptors (Lipinski definition) is 2. The highest BCUT2D eigenvalue weighted by atomic mass is 79.9. The van der Waals surface area contributed by atoms with E-state index in [-0.39, 0.29) is 0 Å². The standard InChI is InChI=1S/2C6H6O.Al.BrH/c2*7-6-4-2-1-3-5-6;;/h2*1-5,7H;;1H/q;;+3;/p-3. The van der Waals surface area contributed by atoms with Gasteiger partial charge in [-0.2, -0.15) is 0 Å². The SMILES string of the molecule is [Br][Al]([O]c1ccccc1)[O]c1ccccc1. The van der Waals surface area contributed by atoms with Crippen molar-refractivity contribution in [3.05, 3.63) is 60.7 Å². The van der Waals surface area contributed by atoms with Crippen LogP contribution < -0.4 is 7.58 Å². The zero-order valence-electron chi connectivity index (χ0n) is 8.55. The van der Waals surface area contributed by atoms with Crippen molar-refractivity contribution in [1.29, 1.82) is 0 Å². The molecular weight excluding hydrogens is 283 g/mol. The van der Waals surface area contributed by atoms with Crippen molar-refractivity contribution in [2.24, 2.45) is 0 Å². The van der Waals surface area contributed by atoms with Crippen molar-refractivity contribution in [3.8, 4) is 11.5 Å².